The molecule has 0 bridgehead atoms. The van der Waals surface area contributed by atoms with Gasteiger partial charge in [-0.1, -0.05) is 146 Å². The van der Waals surface area contributed by atoms with Gasteiger partial charge in [0.05, 0.1) is 8.07 Å². The molecule has 0 saturated heterocycles. The molecule has 41 heavy (non-hydrogen) atoms. The maximum atomic E-state index is 6.00. The van der Waals surface area contributed by atoms with Crippen LogP contribution in [0.25, 0.3) is 66.4 Å². The van der Waals surface area contributed by atoms with Crippen LogP contribution in [0.15, 0.2) is 144 Å². The Kier molecular flexibility index (Phi) is 6.21. The van der Waals surface area contributed by atoms with Crippen molar-refractivity contribution in [3.8, 4) is 44.5 Å². The lowest BCUT2D eigenvalue weighted by Gasteiger charge is -2.17. The van der Waals surface area contributed by atoms with Crippen molar-refractivity contribution in [2.45, 2.75) is 19.6 Å². The lowest BCUT2D eigenvalue weighted by atomic mass is 9.96. The van der Waals surface area contributed by atoms with E-state index in [1.807, 2.05) is 12.1 Å². The van der Waals surface area contributed by atoms with Gasteiger partial charge >= 0.3 is 0 Å². The quantitative estimate of drug-likeness (QED) is 0.196. The molecule has 2 heteroatoms. The fraction of sp³-hybridized carbons (Fsp3) is 0.0769. The van der Waals surface area contributed by atoms with Crippen molar-refractivity contribution >= 4 is 35.2 Å². The monoisotopic (exact) mass is 544 g/mol. The molecule has 0 aliphatic heterocycles. The summed E-state index contributed by atoms with van der Waals surface area (Å²) in [5.41, 5.74) is 11.7. The predicted octanol–water partition coefficient (Wildman–Crippen LogP) is 10.8. The van der Waals surface area contributed by atoms with Gasteiger partial charge in [-0.05, 0) is 62.7 Å². The van der Waals surface area contributed by atoms with Crippen molar-refractivity contribution in [1.82, 2.24) is 0 Å². The largest absolute Gasteiger partial charge is 0.456 e. The first-order chi connectivity index (χ1) is 19.9. The van der Waals surface area contributed by atoms with E-state index < -0.39 is 8.07 Å². The number of rotatable bonds is 5. The fourth-order valence-electron chi connectivity index (χ4n) is 5.64. The van der Waals surface area contributed by atoms with E-state index in [4.69, 9.17) is 4.42 Å². The molecule has 0 fully saturated rings. The lowest BCUT2D eigenvalue weighted by Crippen LogP contribution is -2.37. The zero-order valence-corrected chi connectivity index (χ0v) is 24.7. The van der Waals surface area contributed by atoms with Gasteiger partial charge in [-0.3, -0.25) is 0 Å². The maximum absolute atomic E-state index is 6.00. The number of hydrogen-bond acceptors (Lipinski definition) is 1. The maximum Gasteiger partial charge on any atom is 0.135 e. The molecule has 0 saturated carbocycles. The van der Waals surface area contributed by atoms with E-state index in [0.717, 1.165) is 21.9 Å². The van der Waals surface area contributed by atoms with Crippen molar-refractivity contribution in [3.63, 3.8) is 0 Å². The van der Waals surface area contributed by atoms with Gasteiger partial charge in [0, 0.05) is 10.8 Å². The summed E-state index contributed by atoms with van der Waals surface area (Å²) in [4.78, 5) is 0. The molecule has 0 aliphatic rings. The Bertz CT molecular complexity index is 1990. The Labute approximate surface area is 242 Å². The van der Waals surface area contributed by atoms with Gasteiger partial charge in [-0.25, -0.2) is 0 Å². The van der Waals surface area contributed by atoms with Crippen LogP contribution >= 0.6 is 0 Å². The van der Waals surface area contributed by atoms with Crippen LogP contribution < -0.4 is 5.19 Å². The molecule has 6 aromatic carbocycles. The van der Waals surface area contributed by atoms with Gasteiger partial charge in [0.25, 0.3) is 0 Å². The van der Waals surface area contributed by atoms with Gasteiger partial charge in [-0.15, -0.1) is 0 Å². The van der Waals surface area contributed by atoms with Crippen LogP contribution in [0.1, 0.15) is 0 Å². The van der Waals surface area contributed by atoms with Crippen LogP contribution in [0.2, 0.25) is 19.6 Å². The van der Waals surface area contributed by atoms with Crippen LogP contribution in [-0.4, -0.2) is 8.07 Å². The van der Waals surface area contributed by atoms with Crippen molar-refractivity contribution in [3.05, 3.63) is 140 Å². The third kappa shape index (κ3) is 4.92. The lowest BCUT2D eigenvalue weighted by molar-refractivity contribution is 0.669. The molecule has 1 heterocycles. The first-order valence-electron chi connectivity index (χ1n) is 14.3. The number of furan rings is 1. The highest BCUT2D eigenvalue weighted by atomic mass is 28.3. The SMILES string of the molecule is C[Si](C)(C)c1cccc(-c2ccc(-c3ccc(-c4ccc(-c5ccc6oc7ccccc7c6c5)cc4)cc3)cc2)c1. The summed E-state index contributed by atoms with van der Waals surface area (Å²) in [6.45, 7) is 7.20. The molecule has 0 N–H and O–H groups in total. The molecule has 0 atom stereocenters. The summed E-state index contributed by atoms with van der Waals surface area (Å²) >= 11 is 0. The molecule has 7 rings (SSSR count). The minimum absolute atomic E-state index is 0.928. The molecular formula is C39H32OSi. The van der Waals surface area contributed by atoms with Gasteiger partial charge < -0.3 is 4.42 Å². The van der Waals surface area contributed by atoms with Crippen LogP contribution in [0.4, 0.5) is 0 Å². The molecule has 0 unspecified atom stereocenters. The number of para-hydroxylation sites is 1. The molecular weight excluding hydrogens is 513 g/mol. The zero-order chi connectivity index (χ0) is 28.0. The normalized spacial score (nSPS) is 11.8. The van der Waals surface area contributed by atoms with E-state index in [9.17, 15) is 0 Å². The first-order valence-corrected chi connectivity index (χ1v) is 17.8. The minimum atomic E-state index is -1.34. The highest BCUT2D eigenvalue weighted by molar-refractivity contribution is 6.88. The molecule has 0 spiro atoms. The Morgan fingerprint density at radius 2 is 0.805 bits per heavy atom. The van der Waals surface area contributed by atoms with E-state index in [2.05, 4.69) is 147 Å². The Balaban J connectivity index is 1.10. The van der Waals surface area contributed by atoms with E-state index in [-0.39, 0.29) is 0 Å². The predicted molar refractivity (Wildman–Crippen MR) is 178 cm³/mol. The summed E-state index contributed by atoms with van der Waals surface area (Å²) in [7, 11) is -1.34. The Hall–Kier alpha value is -4.66. The number of benzene rings is 6. The highest BCUT2D eigenvalue weighted by Crippen LogP contribution is 2.33. The fourth-order valence-corrected chi connectivity index (χ4v) is 6.82. The van der Waals surface area contributed by atoms with Crippen molar-refractivity contribution < 1.29 is 4.42 Å². The summed E-state index contributed by atoms with van der Waals surface area (Å²) in [6, 6.07) is 50.5. The second kappa shape index (κ2) is 10.1. The molecule has 198 valence electrons. The zero-order valence-electron chi connectivity index (χ0n) is 23.7. The van der Waals surface area contributed by atoms with Crippen molar-refractivity contribution in [2.75, 3.05) is 0 Å². The van der Waals surface area contributed by atoms with E-state index in [0.29, 0.717) is 0 Å². The molecule has 7 aromatic rings. The van der Waals surface area contributed by atoms with Crippen LogP contribution in [0.3, 0.4) is 0 Å². The van der Waals surface area contributed by atoms with Gasteiger partial charge in [-0.2, -0.15) is 0 Å². The second-order valence-electron chi connectivity index (χ2n) is 11.9. The summed E-state index contributed by atoms with van der Waals surface area (Å²) in [6.07, 6.45) is 0. The molecule has 0 amide bonds. The molecule has 1 aromatic heterocycles. The molecule has 0 radical (unpaired) electrons. The third-order valence-corrected chi connectivity index (χ3v) is 10.1. The van der Waals surface area contributed by atoms with Crippen molar-refractivity contribution in [1.29, 1.82) is 0 Å². The Morgan fingerprint density at radius 3 is 1.34 bits per heavy atom. The van der Waals surface area contributed by atoms with Gasteiger partial charge in [0.15, 0.2) is 0 Å². The third-order valence-electron chi connectivity index (χ3n) is 8.09. The van der Waals surface area contributed by atoms with Crippen LogP contribution in [-0.2, 0) is 0 Å². The second-order valence-corrected chi connectivity index (χ2v) is 16.9. The van der Waals surface area contributed by atoms with Gasteiger partial charge in [0.1, 0.15) is 11.2 Å². The van der Waals surface area contributed by atoms with E-state index in [1.54, 1.807) is 0 Å². The van der Waals surface area contributed by atoms with Crippen LogP contribution in [0.5, 0.6) is 0 Å². The Morgan fingerprint density at radius 1 is 0.366 bits per heavy atom. The highest BCUT2D eigenvalue weighted by Gasteiger charge is 2.16. The average molecular weight is 545 g/mol. The van der Waals surface area contributed by atoms with E-state index in [1.165, 1.54) is 49.7 Å². The topological polar surface area (TPSA) is 13.1 Å². The number of fused-ring (bicyclic) bond motifs is 3. The van der Waals surface area contributed by atoms with Crippen molar-refractivity contribution in [2.24, 2.45) is 0 Å². The minimum Gasteiger partial charge on any atom is -0.456 e. The van der Waals surface area contributed by atoms with E-state index >= 15 is 0 Å². The summed E-state index contributed by atoms with van der Waals surface area (Å²) in [5.74, 6) is 0. The average Bonchev–Trinajstić information content (AvgIpc) is 3.39. The standard InChI is InChI=1S/C39H32OSi/c1-41(2,3)35-8-6-7-33(25-35)31-19-15-29(16-20-31)27-11-13-28(14-12-27)30-17-21-32(22-18-30)34-23-24-39-37(26-34)36-9-4-5-10-38(36)40-39/h4-26H,1-3H3. The summed E-state index contributed by atoms with van der Waals surface area (Å²) in [5, 5.41) is 3.81. The van der Waals surface area contributed by atoms with Crippen LogP contribution in [0, 0.1) is 0 Å². The number of hydrogen-bond donors (Lipinski definition) is 0. The molecule has 0 aliphatic carbocycles. The van der Waals surface area contributed by atoms with Gasteiger partial charge in [0.2, 0.25) is 0 Å². The first kappa shape index (κ1) is 25.3. The summed E-state index contributed by atoms with van der Waals surface area (Å²) < 4.78 is 6.00. The smallest absolute Gasteiger partial charge is 0.135 e. The molecule has 1 nitrogen and oxygen atoms in total.